The van der Waals surface area contributed by atoms with E-state index in [0.717, 1.165) is 5.56 Å². The molecule has 0 spiro atoms. The fraction of sp³-hybridized carbons (Fsp3) is 0.600. The molecule has 1 fully saturated rings. The largest absolute Gasteiger partial charge is 0.401 e. The zero-order valence-corrected chi connectivity index (χ0v) is 17.2. The van der Waals surface area contributed by atoms with Gasteiger partial charge in [-0.05, 0) is 37.5 Å². The van der Waals surface area contributed by atoms with Gasteiger partial charge in [0.05, 0.1) is 6.54 Å². The highest BCUT2D eigenvalue weighted by atomic mass is 19.4. The number of hydrogen-bond donors (Lipinski definition) is 2. The Morgan fingerprint density at radius 2 is 2.10 bits per heavy atom. The van der Waals surface area contributed by atoms with Crippen LogP contribution in [0.5, 0.6) is 0 Å². The predicted molar refractivity (Wildman–Crippen MR) is 108 cm³/mol. The molecule has 2 N–H and O–H groups in total. The number of hydrogen-bond acceptors (Lipinski definition) is 3. The second-order valence-electron chi connectivity index (χ2n) is 7.39. The average Bonchev–Trinajstić information content (AvgIpc) is 3.06. The number of carbonyl (C=O) groups excluding carboxylic acids is 1. The van der Waals surface area contributed by atoms with E-state index in [4.69, 9.17) is 0 Å². The van der Waals surface area contributed by atoms with Gasteiger partial charge in [-0.25, -0.2) is 0 Å². The van der Waals surface area contributed by atoms with Crippen LogP contribution < -0.4 is 10.6 Å². The maximum absolute atomic E-state index is 12.5. The third kappa shape index (κ3) is 7.92. The number of alkyl halides is 3. The van der Waals surface area contributed by atoms with E-state index in [2.05, 4.69) is 15.6 Å². The first-order chi connectivity index (χ1) is 13.7. The van der Waals surface area contributed by atoms with Gasteiger partial charge in [-0.3, -0.25) is 14.7 Å². The second kappa shape index (κ2) is 10.5. The van der Waals surface area contributed by atoms with Crippen molar-refractivity contribution in [2.24, 2.45) is 4.99 Å². The summed E-state index contributed by atoms with van der Waals surface area (Å²) in [5.41, 5.74) is 1.65. The summed E-state index contributed by atoms with van der Waals surface area (Å²) < 4.78 is 37.6. The summed E-state index contributed by atoms with van der Waals surface area (Å²) in [7, 11) is 3.43. The molecule has 29 heavy (non-hydrogen) atoms. The van der Waals surface area contributed by atoms with Gasteiger partial charge in [0.2, 0.25) is 0 Å². The predicted octanol–water partition coefficient (Wildman–Crippen LogP) is 2.12. The van der Waals surface area contributed by atoms with Crippen LogP contribution in [-0.4, -0.2) is 80.7 Å². The maximum Gasteiger partial charge on any atom is 0.401 e. The van der Waals surface area contributed by atoms with E-state index >= 15 is 0 Å². The summed E-state index contributed by atoms with van der Waals surface area (Å²) in [6.45, 7) is 3.01. The van der Waals surface area contributed by atoms with Crippen LogP contribution in [0.25, 0.3) is 0 Å². The molecule has 1 aromatic rings. The van der Waals surface area contributed by atoms with Crippen molar-refractivity contribution >= 4 is 11.9 Å². The van der Waals surface area contributed by atoms with Gasteiger partial charge < -0.3 is 15.5 Å². The summed E-state index contributed by atoms with van der Waals surface area (Å²) in [6.07, 6.45) is -2.86. The third-order valence-electron chi connectivity index (χ3n) is 4.61. The highest BCUT2D eigenvalue weighted by molar-refractivity contribution is 5.94. The summed E-state index contributed by atoms with van der Waals surface area (Å²) >= 11 is 0. The summed E-state index contributed by atoms with van der Waals surface area (Å²) in [5.74, 6) is 0.557. The molecule has 1 amide bonds. The van der Waals surface area contributed by atoms with Crippen LogP contribution in [0, 0.1) is 0 Å². The number of benzene rings is 1. The Labute approximate surface area is 170 Å². The number of nitrogens with zero attached hydrogens (tertiary/aromatic N) is 3. The zero-order chi connectivity index (χ0) is 21.4. The van der Waals surface area contributed by atoms with Crippen molar-refractivity contribution in [3.05, 3.63) is 35.4 Å². The SMILES string of the molecule is CCNC(=NCCc1cccc(C(=O)N(C)C)c1)NC1CCN(CC(F)(F)F)C1. The van der Waals surface area contributed by atoms with Gasteiger partial charge in [0.1, 0.15) is 0 Å². The number of guanidine groups is 1. The fourth-order valence-electron chi connectivity index (χ4n) is 3.28. The van der Waals surface area contributed by atoms with Gasteiger partial charge in [-0.15, -0.1) is 0 Å². The van der Waals surface area contributed by atoms with Crippen LogP contribution in [-0.2, 0) is 6.42 Å². The molecule has 1 aliphatic heterocycles. The van der Waals surface area contributed by atoms with Gasteiger partial charge in [0, 0.05) is 51.9 Å². The molecule has 1 unspecified atom stereocenters. The third-order valence-corrected chi connectivity index (χ3v) is 4.61. The van der Waals surface area contributed by atoms with Crippen molar-refractivity contribution in [2.75, 3.05) is 46.8 Å². The van der Waals surface area contributed by atoms with E-state index in [1.54, 1.807) is 20.2 Å². The van der Waals surface area contributed by atoms with Crippen molar-refractivity contribution in [1.82, 2.24) is 20.4 Å². The molecular weight excluding hydrogens is 383 g/mol. The van der Waals surface area contributed by atoms with Crippen LogP contribution >= 0.6 is 0 Å². The Bertz CT molecular complexity index is 706. The Morgan fingerprint density at radius 1 is 1.34 bits per heavy atom. The number of amides is 1. The van der Waals surface area contributed by atoms with Crippen LogP contribution in [0.1, 0.15) is 29.3 Å². The highest BCUT2D eigenvalue weighted by Gasteiger charge is 2.34. The monoisotopic (exact) mass is 413 g/mol. The van der Waals surface area contributed by atoms with E-state index < -0.39 is 12.7 Å². The molecule has 9 heteroatoms. The van der Waals surface area contributed by atoms with E-state index in [1.807, 2.05) is 25.1 Å². The zero-order valence-electron chi connectivity index (χ0n) is 17.2. The minimum Gasteiger partial charge on any atom is -0.357 e. The number of nitrogens with one attached hydrogen (secondary N) is 2. The van der Waals surface area contributed by atoms with Gasteiger partial charge in [0.25, 0.3) is 5.91 Å². The quantitative estimate of drug-likeness (QED) is 0.531. The first kappa shape index (κ1) is 23.0. The van der Waals surface area contributed by atoms with Crippen molar-refractivity contribution in [3.8, 4) is 0 Å². The number of carbonyl (C=O) groups is 1. The lowest BCUT2D eigenvalue weighted by molar-refractivity contribution is -0.143. The maximum atomic E-state index is 12.5. The van der Waals surface area contributed by atoms with Crippen LogP contribution in [0.2, 0.25) is 0 Å². The first-order valence-electron chi connectivity index (χ1n) is 9.82. The van der Waals surface area contributed by atoms with Crippen LogP contribution in [0.15, 0.2) is 29.3 Å². The van der Waals surface area contributed by atoms with Gasteiger partial charge in [-0.2, -0.15) is 13.2 Å². The average molecular weight is 413 g/mol. The van der Waals surface area contributed by atoms with Crippen molar-refractivity contribution < 1.29 is 18.0 Å². The van der Waals surface area contributed by atoms with Crippen molar-refractivity contribution in [3.63, 3.8) is 0 Å². The molecule has 1 saturated heterocycles. The molecular formula is C20H30F3N5O. The first-order valence-corrected chi connectivity index (χ1v) is 9.82. The lowest BCUT2D eigenvalue weighted by Crippen LogP contribution is -2.45. The molecule has 1 aliphatic rings. The Kier molecular flexibility index (Phi) is 8.31. The molecule has 162 valence electrons. The Balaban J connectivity index is 1.90. The lowest BCUT2D eigenvalue weighted by atomic mass is 10.1. The Hall–Kier alpha value is -2.29. The molecule has 0 bridgehead atoms. The van der Waals surface area contributed by atoms with E-state index in [-0.39, 0.29) is 11.9 Å². The number of rotatable bonds is 7. The molecule has 1 heterocycles. The topological polar surface area (TPSA) is 60.0 Å². The molecule has 0 aromatic heterocycles. The number of halogens is 3. The van der Waals surface area contributed by atoms with E-state index in [0.29, 0.717) is 50.5 Å². The molecule has 2 rings (SSSR count). The van der Waals surface area contributed by atoms with Gasteiger partial charge in [-0.1, -0.05) is 12.1 Å². The minimum atomic E-state index is -4.17. The summed E-state index contributed by atoms with van der Waals surface area (Å²) in [5, 5.41) is 6.37. The summed E-state index contributed by atoms with van der Waals surface area (Å²) in [4.78, 5) is 19.6. The van der Waals surface area contributed by atoms with E-state index in [9.17, 15) is 18.0 Å². The molecule has 1 atom stereocenters. The molecule has 0 saturated carbocycles. The van der Waals surface area contributed by atoms with E-state index in [1.165, 1.54) is 9.80 Å². The lowest BCUT2D eigenvalue weighted by Gasteiger charge is -2.19. The molecule has 6 nitrogen and oxygen atoms in total. The minimum absolute atomic E-state index is 0.0463. The highest BCUT2D eigenvalue weighted by Crippen LogP contribution is 2.19. The number of likely N-dealkylation sites (tertiary alicyclic amines) is 1. The normalized spacial score (nSPS) is 18.0. The second-order valence-corrected chi connectivity index (χ2v) is 7.39. The van der Waals surface area contributed by atoms with Crippen molar-refractivity contribution in [1.29, 1.82) is 0 Å². The Morgan fingerprint density at radius 3 is 2.76 bits per heavy atom. The smallest absolute Gasteiger partial charge is 0.357 e. The van der Waals surface area contributed by atoms with Crippen molar-refractivity contribution in [2.45, 2.75) is 32.0 Å². The fourth-order valence-corrected chi connectivity index (χ4v) is 3.28. The van der Waals surface area contributed by atoms with Crippen LogP contribution in [0.4, 0.5) is 13.2 Å². The molecule has 0 aliphatic carbocycles. The van der Waals surface area contributed by atoms with Crippen LogP contribution in [0.3, 0.4) is 0 Å². The standard InChI is InChI=1S/C20H30F3N5O/c1-4-24-19(26-17-9-11-28(13-17)14-20(21,22)23)25-10-8-15-6-5-7-16(12-15)18(29)27(2)3/h5-7,12,17H,4,8-11,13-14H2,1-3H3,(H2,24,25,26). The summed E-state index contributed by atoms with van der Waals surface area (Å²) in [6, 6.07) is 7.40. The number of aliphatic imine (C=N–C) groups is 1. The van der Waals surface area contributed by atoms with Gasteiger partial charge >= 0.3 is 6.18 Å². The molecule has 0 radical (unpaired) electrons. The molecule has 1 aromatic carbocycles. The van der Waals surface area contributed by atoms with Gasteiger partial charge in [0.15, 0.2) is 5.96 Å².